The molecule has 1 saturated heterocycles. The smallest absolute Gasteiger partial charge is 0.341 e. The summed E-state index contributed by atoms with van der Waals surface area (Å²) in [4.78, 5) is 28.0. The van der Waals surface area contributed by atoms with Gasteiger partial charge in [-0.25, -0.2) is 13.2 Å². The molecule has 2 N–H and O–H groups in total. The second-order valence-electron chi connectivity index (χ2n) is 7.50. The minimum absolute atomic E-state index is 0.0205. The van der Waals surface area contributed by atoms with Crippen LogP contribution in [0.1, 0.15) is 41.5 Å². The number of aromatic nitrogens is 1. The summed E-state index contributed by atoms with van der Waals surface area (Å²) >= 11 is 5.87. The van der Waals surface area contributed by atoms with Gasteiger partial charge in [0.2, 0.25) is 15.9 Å². The molecule has 0 spiro atoms. The van der Waals surface area contributed by atoms with E-state index < -0.39 is 21.9 Å². The van der Waals surface area contributed by atoms with E-state index in [1.54, 1.807) is 45.0 Å². The molecular weight excluding hydrogens is 442 g/mol. The molecule has 1 fully saturated rings. The predicted octanol–water partition coefficient (Wildman–Crippen LogP) is 3.50. The first kappa shape index (κ1) is 23.3. The van der Waals surface area contributed by atoms with Gasteiger partial charge in [0.15, 0.2) is 0 Å². The van der Waals surface area contributed by atoms with Crippen LogP contribution in [0.5, 0.6) is 0 Å². The summed E-state index contributed by atoms with van der Waals surface area (Å²) in [6.07, 6.45) is 1.11. The van der Waals surface area contributed by atoms with Crippen molar-refractivity contribution in [1.29, 1.82) is 0 Å². The summed E-state index contributed by atoms with van der Waals surface area (Å²) in [7, 11) is -4.01. The maximum absolute atomic E-state index is 13.5. The zero-order valence-corrected chi connectivity index (χ0v) is 19.3. The van der Waals surface area contributed by atoms with Crippen LogP contribution < -0.4 is 5.32 Å². The van der Waals surface area contributed by atoms with Crippen molar-refractivity contribution in [3.8, 4) is 0 Å². The van der Waals surface area contributed by atoms with Crippen LogP contribution in [-0.4, -0.2) is 49.3 Å². The second-order valence-corrected chi connectivity index (χ2v) is 9.81. The summed E-state index contributed by atoms with van der Waals surface area (Å²) in [5, 5.41) is 3.37. The number of aryl methyl sites for hydroxylation is 2. The van der Waals surface area contributed by atoms with Gasteiger partial charge in [-0.1, -0.05) is 11.6 Å². The van der Waals surface area contributed by atoms with E-state index in [9.17, 15) is 18.0 Å². The van der Waals surface area contributed by atoms with Crippen LogP contribution in [0.3, 0.4) is 0 Å². The topological polar surface area (TPSA) is 109 Å². The van der Waals surface area contributed by atoms with Crippen LogP contribution in [0, 0.1) is 19.8 Å². The lowest BCUT2D eigenvalue weighted by molar-refractivity contribution is -0.120. The minimum Gasteiger partial charge on any atom is -0.462 e. The van der Waals surface area contributed by atoms with Gasteiger partial charge in [-0.2, -0.15) is 4.31 Å². The van der Waals surface area contributed by atoms with Crippen LogP contribution in [0.2, 0.25) is 5.02 Å². The average molecular weight is 468 g/mol. The highest BCUT2D eigenvalue weighted by atomic mass is 35.5. The molecule has 0 saturated carbocycles. The third-order valence-electron chi connectivity index (χ3n) is 5.26. The van der Waals surface area contributed by atoms with Crippen molar-refractivity contribution in [1.82, 2.24) is 9.29 Å². The van der Waals surface area contributed by atoms with Crippen LogP contribution in [0.25, 0.3) is 0 Å². The van der Waals surface area contributed by atoms with E-state index in [1.165, 1.54) is 4.31 Å². The highest BCUT2D eigenvalue weighted by Crippen LogP contribution is 2.31. The molecule has 2 aromatic rings. The SMILES string of the molecule is CCOC(=O)c1c(C)[nH]c(C)c1S(=O)(=O)N1CCC[C@H](C(=O)Nc2ccc(Cl)cc2)C1. The molecule has 0 aliphatic carbocycles. The first-order chi connectivity index (χ1) is 14.6. The third-order valence-corrected chi connectivity index (χ3v) is 7.55. The summed E-state index contributed by atoms with van der Waals surface area (Å²) in [5.41, 5.74) is 1.42. The second kappa shape index (κ2) is 9.42. The molecule has 168 valence electrons. The molecule has 2 heterocycles. The number of carbonyl (C=O) groups is 2. The molecular formula is C21H26ClN3O5S. The number of benzene rings is 1. The number of anilines is 1. The lowest BCUT2D eigenvalue weighted by Gasteiger charge is -2.31. The summed E-state index contributed by atoms with van der Waals surface area (Å²) < 4.78 is 33.3. The standard InChI is InChI=1S/C21H26ClN3O5S/c1-4-30-21(27)18-13(2)23-14(3)19(18)31(28,29)25-11-5-6-15(12-25)20(26)24-17-9-7-16(22)8-10-17/h7-10,15,23H,4-6,11-12H2,1-3H3,(H,24,26)/t15-/m0/s1. The normalized spacial score (nSPS) is 17.4. The van der Waals surface area contributed by atoms with Crippen molar-refractivity contribution in [2.45, 2.75) is 38.5 Å². The van der Waals surface area contributed by atoms with Crippen molar-refractivity contribution in [2.75, 3.05) is 25.0 Å². The quantitative estimate of drug-likeness (QED) is 0.632. The molecule has 31 heavy (non-hydrogen) atoms. The fourth-order valence-electron chi connectivity index (χ4n) is 3.81. The average Bonchev–Trinajstić information content (AvgIpc) is 3.04. The van der Waals surface area contributed by atoms with Gasteiger partial charge < -0.3 is 15.0 Å². The van der Waals surface area contributed by atoms with E-state index in [2.05, 4.69) is 10.3 Å². The number of nitrogens with zero attached hydrogens (tertiary/aromatic N) is 1. The first-order valence-corrected chi connectivity index (χ1v) is 11.9. The van der Waals surface area contributed by atoms with E-state index in [0.29, 0.717) is 34.9 Å². The van der Waals surface area contributed by atoms with Crippen molar-refractivity contribution < 1.29 is 22.7 Å². The van der Waals surface area contributed by atoms with Gasteiger partial charge in [-0.3, -0.25) is 4.79 Å². The van der Waals surface area contributed by atoms with E-state index in [0.717, 1.165) is 0 Å². The van der Waals surface area contributed by atoms with Crippen molar-refractivity contribution in [2.24, 2.45) is 5.92 Å². The van der Waals surface area contributed by atoms with Gasteiger partial charge in [0.05, 0.1) is 12.5 Å². The number of sulfonamides is 1. The molecule has 1 aromatic heterocycles. The monoisotopic (exact) mass is 467 g/mol. The van der Waals surface area contributed by atoms with Crippen LogP contribution in [0.15, 0.2) is 29.2 Å². The van der Waals surface area contributed by atoms with Crippen LogP contribution in [0.4, 0.5) is 5.69 Å². The van der Waals surface area contributed by atoms with Crippen molar-refractivity contribution in [3.63, 3.8) is 0 Å². The maximum atomic E-state index is 13.5. The van der Waals surface area contributed by atoms with Gasteiger partial charge in [-0.05, 0) is 57.9 Å². The van der Waals surface area contributed by atoms with E-state index in [-0.39, 0.29) is 36.1 Å². The Balaban J connectivity index is 1.83. The molecule has 1 amide bonds. The lowest BCUT2D eigenvalue weighted by atomic mass is 9.99. The zero-order chi connectivity index (χ0) is 22.8. The van der Waals surface area contributed by atoms with Gasteiger partial charge in [-0.15, -0.1) is 0 Å². The molecule has 1 aromatic carbocycles. The molecule has 0 radical (unpaired) electrons. The van der Waals surface area contributed by atoms with Gasteiger partial charge in [0, 0.05) is 35.2 Å². The number of rotatable bonds is 6. The Morgan fingerprint density at radius 3 is 2.55 bits per heavy atom. The Kier molecular flexibility index (Phi) is 7.08. The fourth-order valence-corrected chi connectivity index (χ4v) is 5.87. The number of esters is 1. The van der Waals surface area contributed by atoms with Crippen LogP contribution in [-0.2, 0) is 19.6 Å². The fraction of sp³-hybridized carbons (Fsp3) is 0.429. The van der Waals surface area contributed by atoms with Crippen molar-refractivity contribution >= 4 is 39.2 Å². The highest BCUT2D eigenvalue weighted by molar-refractivity contribution is 7.89. The van der Waals surface area contributed by atoms with E-state index in [1.807, 2.05) is 0 Å². The summed E-state index contributed by atoms with van der Waals surface area (Å²) in [6, 6.07) is 6.72. The summed E-state index contributed by atoms with van der Waals surface area (Å²) in [5.74, 6) is -1.45. The number of hydrogen-bond donors (Lipinski definition) is 2. The number of amides is 1. The third kappa shape index (κ3) is 4.94. The molecule has 1 atom stereocenters. The molecule has 0 bridgehead atoms. The number of carbonyl (C=O) groups excluding carboxylic acids is 2. The molecule has 10 heteroatoms. The number of H-pyrrole nitrogens is 1. The molecule has 1 aliphatic rings. The number of halogens is 1. The van der Waals surface area contributed by atoms with Gasteiger partial charge in [0.1, 0.15) is 10.5 Å². The number of ether oxygens (including phenoxy) is 1. The van der Waals surface area contributed by atoms with E-state index in [4.69, 9.17) is 16.3 Å². The lowest BCUT2D eigenvalue weighted by Crippen LogP contribution is -2.44. The number of hydrogen-bond acceptors (Lipinski definition) is 5. The number of aromatic amines is 1. The molecule has 3 rings (SSSR count). The number of piperidine rings is 1. The maximum Gasteiger partial charge on any atom is 0.341 e. The Labute approximate surface area is 187 Å². The largest absolute Gasteiger partial charge is 0.462 e. The zero-order valence-electron chi connectivity index (χ0n) is 17.7. The Morgan fingerprint density at radius 2 is 1.90 bits per heavy atom. The molecule has 0 unspecified atom stereocenters. The first-order valence-electron chi connectivity index (χ1n) is 10.1. The Morgan fingerprint density at radius 1 is 1.23 bits per heavy atom. The minimum atomic E-state index is -4.01. The van der Waals surface area contributed by atoms with Crippen molar-refractivity contribution in [3.05, 3.63) is 46.2 Å². The molecule has 8 nitrogen and oxygen atoms in total. The van der Waals surface area contributed by atoms with Gasteiger partial charge >= 0.3 is 5.97 Å². The Hall–Kier alpha value is -2.36. The molecule has 1 aliphatic heterocycles. The van der Waals surface area contributed by atoms with E-state index >= 15 is 0 Å². The van der Waals surface area contributed by atoms with Crippen LogP contribution >= 0.6 is 11.6 Å². The summed E-state index contributed by atoms with van der Waals surface area (Å²) in [6.45, 7) is 5.36. The Bertz CT molecular complexity index is 1080. The van der Waals surface area contributed by atoms with Gasteiger partial charge in [0.25, 0.3) is 0 Å². The predicted molar refractivity (Wildman–Crippen MR) is 118 cm³/mol. The highest BCUT2D eigenvalue weighted by Gasteiger charge is 2.38. The number of nitrogens with one attached hydrogen (secondary N) is 2.